The van der Waals surface area contributed by atoms with E-state index in [0.29, 0.717) is 24.5 Å². The molecule has 2 saturated heterocycles. The van der Waals surface area contributed by atoms with Crippen LogP contribution in [-0.4, -0.2) is 70.8 Å². The number of nitrogens with zero attached hydrogens (tertiary/aromatic N) is 2. The Kier molecular flexibility index (Phi) is 8.55. The number of phenols is 1. The van der Waals surface area contributed by atoms with Gasteiger partial charge in [0.15, 0.2) is 0 Å². The molecule has 1 aromatic rings. The number of alkyl halides is 2. The number of halogens is 2. The molecule has 1 aliphatic carbocycles. The van der Waals surface area contributed by atoms with E-state index in [4.69, 9.17) is 11.5 Å². The van der Waals surface area contributed by atoms with Crippen molar-refractivity contribution in [3.8, 4) is 5.75 Å². The summed E-state index contributed by atoms with van der Waals surface area (Å²) in [5.74, 6) is 0.228. The number of aliphatic hydroxyl groups excluding tert-OH is 1. The first kappa shape index (κ1) is 28.6. The third-order valence-corrected chi connectivity index (χ3v) is 8.46. The first-order valence-electron chi connectivity index (χ1n) is 13.2. The standard InChI is InChI=1S/C27H40F2N5O3P/c1-17(25(31)21-5-4-18(12-22(21)36)27(28,29)38)11-23(30)32-19-3-2-10-33(13-19)14-24(37)34-15-26(16-34)8-6-20(35)7-9-26/h4-5,11-12,19-20,32,35-36H,2-3,6-10,13-16,30-31,38H2,1H3/b23-11+,25-17-. The molecule has 0 bridgehead atoms. The van der Waals surface area contributed by atoms with Crippen molar-refractivity contribution in [1.29, 1.82) is 0 Å². The SMILES string of the molecule is CC(/C=C(\N)NC1CCCN(CC(=O)N2CC3(CCC(O)CC3)C2)C1)=C(/N)c1ccc(C(F)(F)P)cc1O. The highest BCUT2D eigenvalue weighted by Gasteiger charge is 2.46. The largest absolute Gasteiger partial charge is 0.507 e. The second-order valence-corrected chi connectivity index (χ2v) is 12.0. The van der Waals surface area contributed by atoms with Crippen LogP contribution in [0.25, 0.3) is 5.70 Å². The summed E-state index contributed by atoms with van der Waals surface area (Å²) in [6.07, 6.45) is 7.00. The molecule has 4 rings (SSSR count). The number of hydrogen-bond acceptors (Lipinski definition) is 7. The molecule has 2 heterocycles. The summed E-state index contributed by atoms with van der Waals surface area (Å²) in [5, 5.41) is 23.3. The van der Waals surface area contributed by atoms with Crippen LogP contribution in [0.5, 0.6) is 5.75 Å². The summed E-state index contributed by atoms with van der Waals surface area (Å²) in [5.41, 5.74) is 10.3. The van der Waals surface area contributed by atoms with Crippen LogP contribution in [0.4, 0.5) is 8.78 Å². The molecule has 8 nitrogen and oxygen atoms in total. The van der Waals surface area contributed by atoms with Crippen molar-refractivity contribution in [1.82, 2.24) is 15.1 Å². The average Bonchev–Trinajstić information content (AvgIpc) is 2.82. The number of hydrogen-bond donors (Lipinski definition) is 5. The maximum Gasteiger partial charge on any atom is 0.284 e. The molecular formula is C27H40F2N5O3P. The molecule has 1 aromatic carbocycles. The molecule has 11 heteroatoms. The number of carbonyl (C=O) groups is 1. The van der Waals surface area contributed by atoms with Crippen LogP contribution in [0.1, 0.15) is 56.6 Å². The van der Waals surface area contributed by atoms with Crippen LogP contribution in [0.15, 0.2) is 35.7 Å². The van der Waals surface area contributed by atoms with Crippen molar-refractivity contribution in [3.63, 3.8) is 0 Å². The van der Waals surface area contributed by atoms with Gasteiger partial charge in [-0.05, 0) is 75.8 Å². The normalized spacial score (nSPS) is 23.7. The Labute approximate surface area is 225 Å². The predicted octanol–water partition coefficient (Wildman–Crippen LogP) is 2.62. The van der Waals surface area contributed by atoms with Crippen molar-refractivity contribution in [3.05, 3.63) is 46.8 Å². The van der Waals surface area contributed by atoms with Gasteiger partial charge in [-0.25, -0.2) is 0 Å². The maximum atomic E-state index is 13.5. The van der Waals surface area contributed by atoms with E-state index < -0.39 is 5.66 Å². The van der Waals surface area contributed by atoms with Gasteiger partial charge in [-0.15, -0.1) is 0 Å². The van der Waals surface area contributed by atoms with E-state index in [-0.39, 0.29) is 46.0 Å². The fourth-order valence-corrected chi connectivity index (χ4v) is 6.03. The minimum absolute atomic E-state index is 0.0707. The number of benzene rings is 1. The minimum Gasteiger partial charge on any atom is -0.507 e. The van der Waals surface area contributed by atoms with Gasteiger partial charge < -0.3 is 31.9 Å². The average molecular weight is 552 g/mol. The number of amides is 1. The zero-order valence-corrected chi connectivity index (χ0v) is 23.1. The first-order valence-corrected chi connectivity index (χ1v) is 13.8. The molecule has 38 heavy (non-hydrogen) atoms. The van der Waals surface area contributed by atoms with Gasteiger partial charge in [0.2, 0.25) is 5.91 Å². The van der Waals surface area contributed by atoms with Crippen LogP contribution in [0.2, 0.25) is 0 Å². The molecule has 1 spiro atoms. The summed E-state index contributed by atoms with van der Waals surface area (Å²) in [4.78, 5) is 17.0. The Balaban J connectivity index is 1.30. The Hall–Kier alpha value is -2.42. The number of aliphatic hydroxyl groups is 1. The monoisotopic (exact) mass is 551 g/mol. The van der Waals surface area contributed by atoms with Gasteiger partial charge in [0, 0.05) is 47.9 Å². The maximum absolute atomic E-state index is 13.5. The molecule has 3 fully saturated rings. The first-order chi connectivity index (χ1) is 17.8. The number of likely N-dealkylation sites (tertiary alicyclic amines) is 2. The second-order valence-electron chi connectivity index (χ2n) is 11.3. The zero-order chi connectivity index (χ0) is 27.7. The van der Waals surface area contributed by atoms with Crippen LogP contribution in [0, 0.1) is 5.41 Å². The lowest BCUT2D eigenvalue weighted by Gasteiger charge is -2.53. The number of phenolic OH excluding ortho intramolecular Hbond substituents is 1. The Bertz CT molecular complexity index is 1090. The third-order valence-electron chi connectivity index (χ3n) is 8.13. The van der Waals surface area contributed by atoms with Crippen molar-refractivity contribution < 1.29 is 23.8 Å². The van der Waals surface area contributed by atoms with Gasteiger partial charge in [0.25, 0.3) is 5.66 Å². The van der Waals surface area contributed by atoms with Crippen LogP contribution >= 0.6 is 9.24 Å². The van der Waals surface area contributed by atoms with E-state index in [1.54, 1.807) is 13.0 Å². The van der Waals surface area contributed by atoms with E-state index >= 15 is 0 Å². The van der Waals surface area contributed by atoms with Crippen LogP contribution < -0.4 is 16.8 Å². The molecule has 210 valence electrons. The molecule has 1 saturated carbocycles. The number of allylic oxidation sites excluding steroid dienone is 2. The van der Waals surface area contributed by atoms with Gasteiger partial charge in [0.05, 0.1) is 18.5 Å². The summed E-state index contributed by atoms with van der Waals surface area (Å²) < 4.78 is 27.0. The van der Waals surface area contributed by atoms with Gasteiger partial charge >= 0.3 is 0 Å². The molecule has 2 aliphatic heterocycles. The number of carbonyl (C=O) groups excluding carboxylic acids is 1. The highest BCUT2D eigenvalue weighted by atomic mass is 31.0. The van der Waals surface area contributed by atoms with Crippen molar-refractivity contribution in [2.24, 2.45) is 16.9 Å². The van der Waals surface area contributed by atoms with Gasteiger partial charge in [0.1, 0.15) is 5.75 Å². The molecule has 0 radical (unpaired) electrons. The lowest BCUT2D eigenvalue weighted by molar-refractivity contribution is -0.148. The quantitative estimate of drug-likeness (QED) is 0.260. The summed E-state index contributed by atoms with van der Waals surface area (Å²) >= 11 is 0. The van der Waals surface area contributed by atoms with Crippen LogP contribution in [0.3, 0.4) is 0 Å². The van der Waals surface area contributed by atoms with E-state index in [0.717, 1.165) is 64.2 Å². The van der Waals surface area contributed by atoms with Crippen molar-refractivity contribution >= 4 is 20.8 Å². The molecule has 0 aromatic heterocycles. The smallest absolute Gasteiger partial charge is 0.284 e. The Morgan fingerprint density at radius 1 is 1.26 bits per heavy atom. The zero-order valence-electron chi connectivity index (χ0n) is 21.9. The van der Waals surface area contributed by atoms with E-state index in [2.05, 4.69) is 10.2 Å². The predicted molar refractivity (Wildman–Crippen MR) is 147 cm³/mol. The number of rotatable bonds is 7. The Morgan fingerprint density at radius 3 is 2.58 bits per heavy atom. The van der Waals surface area contributed by atoms with Gasteiger partial charge in [-0.3, -0.25) is 9.69 Å². The lowest BCUT2D eigenvalue weighted by atomic mass is 9.68. The minimum atomic E-state index is -3.15. The number of aromatic hydroxyl groups is 1. The van der Waals surface area contributed by atoms with E-state index in [9.17, 15) is 23.8 Å². The van der Waals surface area contributed by atoms with Gasteiger partial charge in [-0.1, -0.05) is 15.3 Å². The fourth-order valence-electron chi connectivity index (χ4n) is 5.85. The molecule has 7 N–H and O–H groups in total. The van der Waals surface area contributed by atoms with Gasteiger partial charge in [-0.2, -0.15) is 8.78 Å². The lowest BCUT2D eigenvalue weighted by Crippen LogP contribution is -2.61. The fraction of sp³-hybridized carbons (Fsp3) is 0.593. The topological polar surface area (TPSA) is 128 Å². The summed E-state index contributed by atoms with van der Waals surface area (Å²) in [6.45, 7) is 5.27. The number of nitrogens with one attached hydrogen (secondary N) is 1. The highest BCUT2D eigenvalue weighted by molar-refractivity contribution is 7.17. The van der Waals surface area contributed by atoms with E-state index in [1.165, 1.54) is 21.4 Å². The summed E-state index contributed by atoms with van der Waals surface area (Å²) in [6, 6.07) is 3.67. The Morgan fingerprint density at radius 2 is 1.95 bits per heavy atom. The molecule has 1 amide bonds. The van der Waals surface area contributed by atoms with Crippen molar-refractivity contribution in [2.75, 3.05) is 32.7 Å². The van der Waals surface area contributed by atoms with Crippen molar-refractivity contribution in [2.45, 2.75) is 63.3 Å². The summed E-state index contributed by atoms with van der Waals surface area (Å²) in [7, 11) is 1.44. The molecule has 2 unspecified atom stereocenters. The highest BCUT2D eigenvalue weighted by Crippen LogP contribution is 2.44. The molecule has 3 aliphatic rings. The van der Waals surface area contributed by atoms with E-state index in [1.807, 2.05) is 4.90 Å². The second kappa shape index (κ2) is 11.4. The van der Waals surface area contributed by atoms with Crippen LogP contribution in [-0.2, 0) is 10.5 Å². The molecular weight excluding hydrogens is 511 g/mol. The number of nitrogens with two attached hydrogens (primary N) is 2. The number of piperidine rings is 1. The molecule has 2 atom stereocenters. The third kappa shape index (κ3) is 6.77.